The highest BCUT2D eigenvalue weighted by Gasteiger charge is 2.68. The minimum atomic E-state index is -3.29. The molecule has 0 radical (unpaired) electrons. The molecule has 0 N–H and O–H groups in total. The van der Waals surface area contributed by atoms with Crippen LogP contribution in [0.25, 0.3) is 0 Å². The van der Waals surface area contributed by atoms with Crippen molar-refractivity contribution in [1.82, 2.24) is 0 Å². The number of rotatable bonds is 4. The van der Waals surface area contributed by atoms with Crippen molar-refractivity contribution in [1.29, 1.82) is 0 Å². The summed E-state index contributed by atoms with van der Waals surface area (Å²) in [7, 11) is -6.59. The van der Waals surface area contributed by atoms with Gasteiger partial charge in [0.05, 0.1) is 15.2 Å². The second-order valence-corrected chi connectivity index (χ2v) is 11.9. The molecule has 0 aromatic heterocycles. The van der Waals surface area contributed by atoms with Gasteiger partial charge in [-0.1, -0.05) is 24.3 Å². The van der Waals surface area contributed by atoms with E-state index in [4.69, 9.17) is 23.2 Å². The predicted molar refractivity (Wildman–Crippen MR) is 98.9 cm³/mol. The smallest absolute Gasteiger partial charge is 0.175 e. The van der Waals surface area contributed by atoms with Gasteiger partial charge in [-0.2, -0.15) is 0 Å². The number of halogens is 2. The van der Waals surface area contributed by atoms with Crippen molar-refractivity contribution in [3.8, 4) is 0 Å². The van der Waals surface area contributed by atoms with E-state index in [1.807, 2.05) is 0 Å². The van der Waals surface area contributed by atoms with Gasteiger partial charge in [-0.25, -0.2) is 16.8 Å². The molecule has 134 valence electrons. The van der Waals surface area contributed by atoms with Gasteiger partial charge in [-0.3, -0.25) is 0 Å². The Morgan fingerprint density at radius 3 is 1.20 bits per heavy atom. The van der Waals surface area contributed by atoms with Crippen molar-refractivity contribution in [2.24, 2.45) is 0 Å². The van der Waals surface area contributed by atoms with E-state index in [1.165, 1.54) is 24.3 Å². The van der Waals surface area contributed by atoms with Crippen molar-refractivity contribution in [2.45, 2.75) is 26.0 Å². The van der Waals surface area contributed by atoms with Crippen LogP contribution in [0.15, 0.2) is 58.3 Å². The summed E-state index contributed by atoms with van der Waals surface area (Å²) in [6, 6.07) is 12.9. The molecule has 0 bridgehead atoms. The molecule has 0 aliphatic heterocycles. The average molecular weight is 419 g/mol. The van der Waals surface area contributed by atoms with Gasteiger partial charge in [0.1, 0.15) is 4.33 Å². The number of alkyl halides is 2. The second-order valence-electron chi connectivity index (χ2n) is 6.38. The van der Waals surface area contributed by atoms with Gasteiger partial charge in [0.25, 0.3) is 0 Å². The van der Waals surface area contributed by atoms with E-state index < -0.39 is 29.4 Å². The van der Waals surface area contributed by atoms with E-state index in [-0.39, 0.29) is 9.79 Å². The zero-order chi connectivity index (χ0) is 18.7. The molecule has 3 rings (SSSR count). The maximum Gasteiger partial charge on any atom is 0.175 e. The first-order valence-corrected chi connectivity index (χ1v) is 11.9. The van der Waals surface area contributed by atoms with E-state index in [0.29, 0.717) is 6.42 Å². The first-order valence-electron chi connectivity index (χ1n) is 7.37. The molecule has 4 nitrogen and oxygen atoms in total. The van der Waals surface area contributed by atoms with Crippen molar-refractivity contribution >= 4 is 42.9 Å². The zero-order valence-electron chi connectivity index (χ0n) is 13.5. The Morgan fingerprint density at radius 2 is 1.00 bits per heavy atom. The monoisotopic (exact) mass is 418 g/mol. The normalized spacial score (nSPS) is 18.7. The number of benzene rings is 2. The summed E-state index contributed by atoms with van der Waals surface area (Å²) in [6.45, 7) is 0. The lowest BCUT2D eigenvalue weighted by molar-refractivity contribution is 0.600. The van der Waals surface area contributed by atoms with Crippen LogP contribution in [0.3, 0.4) is 0 Å². The number of hydrogen-bond donors (Lipinski definition) is 0. The molecule has 0 amide bonds. The van der Waals surface area contributed by atoms with E-state index in [9.17, 15) is 16.8 Å². The molecule has 0 saturated heterocycles. The predicted octanol–water partition coefficient (Wildman–Crippen LogP) is 3.36. The molecule has 1 fully saturated rings. The second kappa shape index (κ2) is 5.71. The van der Waals surface area contributed by atoms with Gasteiger partial charge < -0.3 is 0 Å². The standard InChI is InChI=1S/C17H16Cl2O4S2/c1-24(20,21)14-7-3-12(4-8-14)16(11-17(16,18)19)13-5-9-15(10-6-13)25(2,22)23/h3-10H,11H2,1-2H3. The molecule has 2 aromatic rings. The van der Waals surface area contributed by atoms with Crippen LogP contribution in [-0.4, -0.2) is 33.7 Å². The van der Waals surface area contributed by atoms with Crippen LogP contribution in [0.4, 0.5) is 0 Å². The summed E-state index contributed by atoms with van der Waals surface area (Å²) >= 11 is 12.8. The van der Waals surface area contributed by atoms with Crippen LogP contribution in [0.1, 0.15) is 17.5 Å². The fraction of sp³-hybridized carbons (Fsp3) is 0.294. The first kappa shape index (κ1) is 18.7. The Labute approximate surface area is 157 Å². The molecular formula is C17H16Cl2O4S2. The highest BCUT2D eigenvalue weighted by molar-refractivity contribution is 7.91. The van der Waals surface area contributed by atoms with Crippen molar-refractivity contribution in [3.63, 3.8) is 0 Å². The molecule has 2 aromatic carbocycles. The van der Waals surface area contributed by atoms with Gasteiger partial charge in [-0.15, -0.1) is 23.2 Å². The average Bonchev–Trinajstić information content (AvgIpc) is 3.10. The van der Waals surface area contributed by atoms with Crippen molar-refractivity contribution in [3.05, 3.63) is 59.7 Å². The van der Waals surface area contributed by atoms with Gasteiger partial charge in [0.15, 0.2) is 19.7 Å². The number of hydrogen-bond acceptors (Lipinski definition) is 4. The first-order chi connectivity index (χ1) is 11.4. The molecule has 0 spiro atoms. The highest BCUT2D eigenvalue weighted by atomic mass is 35.5. The third-order valence-electron chi connectivity index (χ3n) is 4.54. The summed E-state index contributed by atoms with van der Waals surface area (Å²) in [6.07, 6.45) is 2.75. The minimum Gasteiger partial charge on any atom is -0.224 e. The lowest BCUT2D eigenvalue weighted by Gasteiger charge is -2.20. The fourth-order valence-electron chi connectivity index (χ4n) is 3.06. The van der Waals surface area contributed by atoms with Crippen LogP contribution in [0.5, 0.6) is 0 Å². The molecule has 8 heteroatoms. The van der Waals surface area contributed by atoms with Crippen LogP contribution in [-0.2, 0) is 25.1 Å². The molecule has 1 saturated carbocycles. The number of sulfone groups is 2. The Kier molecular flexibility index (Phi) is 4.27. The van der Waals surface area contributed by atoms with E-state index in [1.54, 1.807) is 24.3 Å². The summed E-state index contributed by atoms with van der Waals surface area (Å²) in [5.74, 6) is 0. The van der Waals surface area contributed by atoms with E-state index in [0.717, 1.165) is 23.6 Å². The van der Waals surface area contributed by atoms with Crippen LogP contribution >= 0.6 is 23.2 Å². The third kappa shape index (κ3) is 3.21. The summed E-state index contributed by atoms with van der Waals surface area (Å²) in [5.41, 5.74) is 0.886. The van der Waals surface area contributed by atoms with Gasteiger partial charge in [0.2, 0.25) is 0 Å². The summed E-state index contributed by atoms with van der Waals surface area (Å²) < 4.78 is 45.5. The lowest BCUT2D eigenvalue weighted by Crippen LogP contribution is -2.17. The molecule has 0 atom stereocenters. The lowest BCUT2D eigenvalue weighted by atomic mass is 9.88. The Bertz CT molecular complexity index is 948. The summed E-state index contributed by atoms with van der Waals surface area (Å²) in [5, 5.41) is 0. The molecule has 25 heavy (non-hydrogen) atoms. The van der Waals surface area contributed by atoms with Gasteiger partial charge in [-0.05, 0) is 41.8 Å². The highest BCUT2D eigenvalue weighted by Crippen LogP contribution is 2.68. The van der Waals surface area contributed by atoms with Crippen LogP contribution < -0.4 is 0 Å². The van der Waals surface area contributed by atoms with Gasteiger partial charge in [0, 0.05) is 12.5 Å². The van der Waals surface area contributed by atoms with Crippen molar-refractivity contribution < 1.29 is 16.8 Å². The summed E-state index contributed by atoms with van der Waals surface area (Å²) in [4.78, 5) is 0.434. The minimum absolute atomic E-state index is 0.217. The molecule has 0 heterocycles. The molecule has 1 aliphatic carbocycles. The van der Waals surface area contributed by atoms with E-state index in [2.05, 4.69) is 0 Å². The molecule has 1 aliphatic rings. The third-order valence-corrected chi connectivity index (χ3v) is 7.71. The van der Waals surface area contributed by atoms with Crippen molar-refractivity contribution in [2.75, 3.05) is 12.5 Å². The van der Waals surface area contributed by atoms with Crippen LogP contribution in [0.2, 0.25) is 0 Å². The Morgan fingerprint density at radius 1 is 0.720 bits per heavy atom. The maximum absolute atomic E-state index is 11.6. The fourth-order valence-corrected chi connectivity index (χ4v) is 5.15. The Hall–Kier alpha value is -1.08. The molecule has 0 unspecified atom stereocenters. The van der Waals surface area contributed by atoms with E-state index >= 15 is 0 Å². The zero-order valence-corrected chi connectivity index (χ0v) is 16.7. The maximum atomic E-state index is 11.6. The largest absolute Gasteiger partial charge is 0.224 e. The SMILES string of the molecule is CS(=O)(=O)c1ccc(C2(c3ccc(S(C)(=O)=O)cc3)CC2(Cl)Cl)cc1. The molecular weight excluding hydrogens is 403 g/mol. The van der Waals surface area contributed by atoms with Gasteiger partial charge >= 0.3 is 0 Å². The topological polar surface area (TPSA) is 68.3 Å². The quantitative estimate of drug-likeness (QED) is 0.713. The van der Waals surface area contributed by atoms with Crippen LogP contribution in [0, 0.1) is 0 Å². The Balaban J connectivity index is 2.07.